The third-order valence-electron chi connectivity index (χ3n) is 2.25. The molecule has 0 bridgehead atoms. The zero-order chi connectivity index (χ0) is 11.3. The normalized spacial score (nSPS) is 10.4. The number of aromatic nitrogens is 1. The van der Waals surface area contributed by atoms with E-state index in [2.05, 4.69) is 36.2 Å². The van der Waals surface area contributed by atoms with Gasteiger partial charge in [0.15, 0.2) is 0 Å². The third kappa shape index (κ3) is 3.58. The van der Waals surface area contributed by atoms with Crippen LogP contribution in [0.25, 0.3) is 0 Å². The topological polar surface area (TPSA) is 16.1 Å². The van der Waals surface area contributed by atoms with Crippen LogP contribution in [0.3, 0.4) is 0 Å². The molecular weight excluding hydrogens is 228 g/mol. The fourth-order valence-corrected chi connectivity index (χ4v) is 2.04. The van der Waals surface area contributed by atoms with Gasteiger partial charge in [0.1, 0.15) is 5.82 Å². The van der Waals surface area contributed by atoms with Gasteiger partial charge >= 0.3 is 0 Å². The van der Waals surface area contributed by atoms with Crippen LogP contribution in [0.1, 0.15) is 11.1 Å². The molecule has 0 aliphatic heterocycles. The van der Waals surface area contributed by atoms with E-state index in [4.69, 9.17) is 11.6 Å². The molecule has 1 rings (SSSR count). The van der Waals surface area contributed by atoms with Crippen molar-refractivity contribution in [1.29, 1.82) is 0 Å². The van der Waals surface area contributed by atoms with Crippen molar-refractivity contribution < 1.29 is 0 Å². The molecule has 0 saturated carbocycles. The maximum Gasteiger partial charge on any atom is 0.131 e. The number of alkyl halides is 1. The Morgan fingerprint density at radius 3 is 2.80 bits per heavy atom. The van der Waals surface area contributed by atoms with Crippen molar-refractivity contribution >= 4 is 29.2 Å². The van der Waals surface area contributed by atoms with Gasteiger partial charge < -0.3 is 4.90 Å². The minimum absolute atomic E-state index is 0.530. The standard InChI is InChI=1S/C11H17ClN2S/c1-9-6-10(7-12)8-13-11(9)14(2)4-5-15-3/h6,8H,4-5,7H2,1-3H3. The second-order valence-corrected chi connectivity index (χ2v) is 4.78. The molecule has 84 valence electrons. The Hall–Kier alpha value is -0.410. The molecule has 0 atom stereocenters. The molecule has 4 heteroatoms. The van der Waals surface area contributed by atoms with Crippen molar-refractivity contribution in [1.82, 2.24) is 4.98 Å². The zero-order valence-electron chi connectivity index (χ0n) is 9.46. The van der Waals surface area contributed by atoms with Crippen molar-refractivity contribution in [2.75, 3.05) is 30.5 Å². The molecule has 2 nitrogen and oxygen atoms in total. The molecule has 15 heavy (non-hydrogen) atoms. The van der Waals surface area contributed by atoms with E-state index in [0.29, 0.717) is 5.88 Å². The molecule has 0 N–H and O–H groups in total. The van der Waals surface area contributed by atoms with Crippen LogP contribution in [0, 0.1) is 6.92 Å². The van der Waals surface area contributed by atoms with Crippen molar-refractivity contribution in [3.05, 3.63) is 23.4 Å². The van der Waals surface area contributed by atoms with Gasteiger partial charge in [0, 0.05) is 31.4 Å². The van der Waals surface area contributed by atoms with E-state index in [1.54, 1.807) is 0 Å². The molecule has 1 heterocycles. The van der Waals surface area contributed by atoms with Crippen LogP contribution in [0.4, 0.5) is 5.82 Å². The van der Waals surface area contributed by atoms with Crippen LogP contribution in [0.5, 0.6) is 0 Å². The number of anilines is 1. The SMILES string of the molecule is CSCCN(C)c1ncc(CCl)cc1C. The number of thioether (sulfide) groups is 1. The fraction of sp³-hybridized carbons (Fsp3) is 0.545. The number of pyridine rings is 1. The molecule has 0 radical (unpaired) electrons. The molecule has 0 spiro atoms. The number of halogens is 1. The zero-order valence-corrected chi connectivity index (χ0v) is 11.0. The van der Waals surface area contributed by atoms with E-state index in [1.807, 2.05) is 18.0 Å². The van der Waals surface area contributed by atoms with Crippen molar-refractivity contribution in [2.24, 2.45) is 0 Å². The van der Waals surface area contributed by atoms with Crippen molar-refractivity contribution in [3.63, 3.8) is 0 Å². The maximum absolute atomic E-state index is 5.76. The van der Waals surface area contributed by atoms with Gasteiger partial charge in [-0.15, -0.1) is 11.6 Å². The van der Waals surface area contributed by atoms with E-state index in [0.717, 1.165) is 23.7 Å². The van der Waals surface area contributed by atoms with E-state index < -0.39 is 0 Å². The summed E-state index contributed by atoms with van der Waals surface area (Å²) in [7, 11) is 2.08. The number of hydrogen-bond acceptors (Lipinski definition) is 3. The van der Waals surface area contributed by atoms with E-state index in [9.17, 15) is 0 Å². The first kappa shape index (κ1) is 12.7. The van der Waals surface area contributed by atoms with Crippen LogP contribution < -0.4 is 4.90 Å². The summed E-state index contributed by atoms with van der Waals surface area (Å²) in [6.07, 6.45) is 3.97. The minimum Gasteiger partial charge on any atom is -0.359 e. The predicted octanol–water partition coefficient (Wildman–Crippen LogP) is 2.93. The van der Waals surface area contributed by atoms with Crippen LogP contribution in [-0.4, -0.2) is 30.6 Å². The molecule has 0 amide bonds. The predicted molar refractivity (Wildman–Crippen MR) is 70.2 cm³/mol. The van der Waals surface area contributed by atoms with Gasteiger partial charge in [-0.2, -0.15) is 11.8 Å². The summed E-state index contributed by atoms with van der Waals surface area (Å²) < 4.78 is 0. The van der Waals surface area contributed by atoms with Gasteiger partial charge in [-0.05, 0) is 30.4 Å². The van der Waals surface area contributed by atoms with Crippen molar-refractivity contribution in [2.45, 2.75) is 12.8 Å². The van der Waals surface area contributed by atoms with Crippen LogP contribution in [-0.2, 0) is 5.88 Å². The summed E-state index contributed by atoms with van der Waals surface area (Å²) in [5.74, 6) is 2.70. The van der Waals surface area contributed by atoms with Crippen LogP contribution in [0.15, 0.2) is 12.3 Å². The molecule has 0 aliphatic carbocycles. The monoisotopic (exact) mass is 244 g/mol. The number of nitrogens with zero attached hydrogens (tertiary/aromatic N) is 2. The van der Waals surface area contributed by atoms with Crippen LogP contribution >= 0.6 is 23.4 Å². The van der Waals surface area contributed by atoms with Gasteiger partial charge in [0.25, 0.3) is 0 Å². The largest absolute Gasteiger partial charge is 0.359 e. The molecule has 1 aromatic heterocycles. The van der Waals surface area contributed by atoms with Gasteiger partial charge in [-0.1, -0.05) is 0 Å². The highest BCUT2D eigenvalue weighted by Gasteiger charge is 2.06. The highest BCUT2D eigenvalue weighted by atomic mass is 35.5. The molecular formula is C11H17ClN2S. The first-order valence-corrected chi connectivity index (χ1v) is 6.83. The van der Waals surface area contributed by atoms with E-state index in [1.165, 1.54) is 5.56 Å². The Morgan fingerprint density at radius 1 is 1.53 bits per heavy atom. The lowest BCUT2D eigenvalue weighted by molar-refractivity contribution is 0.934. The second-order valence-electron chi connectivity index (χ2n) is 3.53. The minimum atomic E-state index is 0.530. The molecule has 0 unspecified atom stereocenters. The summed E-state index contributed by atoms with van der Waals surface area (Å²) in [5.41, 5.74) is 2.27. The van der Waals surface area contributed by atoms with Gasteiger partial charge in [0.2, 0.25) is 0 Å². The van der Waals surface area contributed by atoms with Gasteiger partial charge in [-0.3, -0.25) is 0 Å². The van der Waals surface area contributed by atoms with E-state index >= 15 is 0 Å². The summed E-state index contributed by atoms with van der Waals surface area (Å²) >= 11 is 7.61. The highest BCUT2D eigenvalue weighted by molar-refractivity contribution is 7.98. The summed E-state index contributed by atoms with van der Waals surface area (Å²) in [5, 5.41) is 0. The average molecular weight is 245 g/mol. The Labute approximate surface area is 101 Å². The summed E-state index contributed by atoms with van der Waals surface area (Å²) in [6, 6.07) is 2.10. The molecule has 0 saturated heterocycles. The fourth-order valence-electron chi connectivity index (χ4n) is 1.43. The average Bonchev–Trinajstić information content (AvgIpc) is 2.25. The van der Waals surface area contributed by atoms with Crippen LogP contribution in [0.2, 0.25) is 0 Å². The quantitative estimate of drug-likeness (QED) is 0.741. The number of hydrogen-bond donors (Lipinski definition) is 0. The molecule has 0 fully saturated rings. The third-order valence-corrected chi connectivity index (χ3v) is 3.15. The van der Waals surface area contributed by atoms with E-state index in [-0.39, 0.29) is 0 Å². The Kier molecular flexibility index (Phi) is 5.26. The molecule has 1 aromatic rings. The molecule has 0 aliphatic rings. The lowest BCUT2D eigenvalue weighted by Crippen LogP contribution is -2.22. The first-order valence-electron chi connectivity index (χ1n) is 4.90. The van der Waals surface area contributed by atoms with Gasteiger partial charge in [0.05, 0.1) is 0 Å². The lowest BCUT2D eigenvalue weighted by atomic mass is 10.2. The summed E-state index contributed by atoms with van der Waals surface area (Å²) in [6.45, 7) is 3.10. The summed E-state index contributed by atoms with van der Waals surface area (Å²) in [4.78, 5) is 6.62. The smallest absolute Gasteiger partial charge is 0.131 e. The lowest BCUT2D eigenvalue weighted by Gasteiger charge is -2.19. The number of aryl methyl sites for hydroxylation is 1. The Morgan fingerprint density at radius 2 is 2.27 bits per heavy atom. The molecule has 0 aromatic carbocycles. The van der Waals surface area contributed by atoms with Gasteiger partial charge in [-0.25, -0.2) is 4.98 Å². The first-order chi connectivity index (χ1) is 7.19. The maximum atomic E-state index is 5.76. The Bertz CT molecular complexity index is 317. The number of rotatable bonds is 5. The highest BCUT2D eigenvalue weighted by Crippen LogP contribution is 2.17. The van der Waals surface area contributed by atoms with Crippen molar-refractivity contribution in [3.8, 4) is 0 Å². The Balaban J connectivity index is 2.76. The second kappa shape index (κ2) is 6.23.